The van der Waals surface area contributed by atoms with Crippen LogP contribution >= 0.6 is 0 Å². The van der Waals surface area contributed by atoms with E-state index in [0.717, 1.165) is 18.4 Å². The molecule has 3 aliphatic rings. The predicted molar refractivity (Wildman–Crippen MR) is 133 cm³/mol. The molecule has 11 nitrogen and oxygen atoms in total. The predicted octanol–water partition coefficient (Wildman–Crippen LogP) is 1.28. The standard InChI is InChI=1S/C26H23N7O4/c1-37-20-9-4-17-13-33(22(34)21(17)12-20)14-26(23(35)31-25(36)32-26)11-10-16-2-5-18(6-3-16)29-24(28-15-27)30-19-7-8-19/h2-6,9,12,19H,7-8,13-14H2,1H3,(H2,28,29,30)(H2,31,32,35,36)/t26-/m1/s1. The lowest BCUT2D eigenvalue weighted by atomic mass is 9.99. The second-order valence-corrected chi connectivity index (χ2v) is 8.90. The molecule has 1 aliphatic carbocycles. The van der Waals surface area contributed by atoms with Crippen LogP contribution in [-0.4, -0.2) is 53.9 Å². The fourth-order valence-corrected chi connectivity index (χ4v) is 4.10. The van der Waals surface area contributed by atoms with Crippen molar-refractivity contribution < 1.29 is 19.1 Å². The molecule has 1 saturated heterocycles. The minimum absolute atomic E-state index is 0.117. The van der Waals surface area contributed by atoms with Crippen molar-refractivity contribution in [1.82, 2.24) is 20.9 Å². The van der Waals surface area contributed by atoms with Crippen molar-refractivity contribution in [1.29, 1.82) is 5.26 Å². The largest absolute Gasteiger partial charge is 0.497 e. The van der Waals surface area contributed by atoms with E-state index in [1.54, 1.807) is 42.5 Å². The second-order valence-electron chi connectivity index (χ2n) is 8.90. The number of amides is 4. The minimum Gasteiger partial charge on any atom is -0.497 e. The van der Waals surface area contributed by atoms with Gasteiger partial charge >= 0.3 is 6.03 Å². The summed E-state index contributed by atoms with van der Waals surface area (Å²) in [5.74, 6) is 5.88. The van der Waals surface area contributed by atoms with Crippen molar-refractivity contribution in [2.45, 2.75) is 31.0 Å². The summed E-state index contributed by atoms with van der Waals surface area (Å²) in [6.45, 7) is 0.167. The highest BCUT2D eigenvalue weighted by Crippen LogP contribution is 2.28. The van der Waals surface area contributed by atoms with E-state index < -0.39 is 17.5 Å². The lowest BCUT2D eigenvalue weighted by Crippen LogP contribution is -2.54. The highest BCUT2D eigenvalue weighted by molar-refractivity contribution is 6.10. The fourth-order valence-electron chi connectivity index (χ4n) is 4.10. The quantitative estimate of drug-likeness (QED) is 0.121. The smallest absolute Gasteiger partial charge is 0.323 e. The van der Waals surface area contributed by atoms with E-state index in [4.69, 9.17) is 10.00 Å². The molecule has 186 valence electrons. The molecule has 37 heavy (non-hydrogen) atoms. The van der Waals surface area contributed by atoms with Crippen molar-refractivity contribution in [3.8, 4) is 23.8 Å². The fraction of sp³-hybridized carbons (Fsp3) is 0.269. The van der Waals surface area contributed by atoms with Gasteiger partial charge in [-0.1, -0.05) is 17.9 Å². The van der Waals surface area contributed by atoms with Gasteiger partial charge in [-0.2, -0.15) is 5.26 Å². The summed E-state index contributed by atoms with van der Waals surface area (Å²) >= 11 is 0. The summed E-state index contributed by atoms with van der Waals surface area (Å²) in [4.78, 5) is 43.8. The van der Waals surface area contributed by atoms with Crippen LogP contribution in [0.5, 0.6) is 5.75 Å². The van der Waals surface area contributed by atoms with Crippen LogP contribution in [0.1, 0.15) is 34.3 Å². The van der Waals surface area contributed by atoms with E-state index in [1.807, 2.05) is 6.19 Å². The van der Waals surface area contributed by atoms with Gasteiger partial charge in [-0.3, -0.25) is 20.2 Å². The Labute approximate surface area is 212 Å². The molecule has 1 atom stereocenters. The number of hydrogen-bond acceptors (Lipinski definition) is 6. The summed E-state index contributed by atoms with van der Waals surface area (Å²) in [7, 11) is 1.52. The summed E-state index contributed by atoms with van der Waals surface area (Å²) in [6, 6.07) is 11.8. The van der Waals surface area contributed by atoms with Gasteiger partial charge in [-0.05, 0) is 54.8 Å². The van der Waals surface area contributed by atoms with E-state index in [2.05, 4.69) is 38.1 Å². The van der Waals surface area contributed by atoms with Crippen molar-refractivity contribution in [2.75, 3.05) is 19.0 Å². The Hall–Kier alpha value is -5.03. The number of ether oxygens (including phenoxy) is 1. The number of nitriles is 1. The van der Waals surface area contributed by atoms with E-state index in [1.165, 1.54) is 12.0 Å². The normalized spacial score (nSPS) is 20.3. The minimum atomic E-state index is -1.60. The molecule has 0 radical (unpaired) electrons. The molecular weight excluding hydrogens is 474 g/mol. The molecule has 2 heterocycles. The van der Waals surface area contributed by atoms with Gasteiger partial charge in [-0.15, -0.1) is 0 Å². The molecule has 0 bridgehead atoms. The number of methoxy groups -OCH3 is 1. The average Bonchev–Trinajstić information content (AvgIpc) is 3.59. The maximum atomic E-state index is 13.0. The van der Waals surface area contributed by atoms with Crippen LogP contribution in [-0.2, 0) is 11.3 Å². The van der Waals surface area contributed by atoms with Gasteiger partial charge in [0, 0.05) is 23.4 Å². The summed E-state index contributed by atoms with van der Waals surface area (Å²) in [5, 5.41) is 19.4. The zero-order valence-corrected chi connectivity index (χ0v) is 19.9. The maximum Gasteiger partial charge on any atom is 0.323 e. The maximum absolute atomic E-state index is 13.0. The Morgan fingerprint density at radius 1 is 1.22 bits per heavy atom. The van der Waals surface area contributed by atoms with Gasteiger partial charge in [0.2, 0.25) is 11.5 Å². The van der Waals surface area contributed by atoms with Gasteiger partial charge in [0.15, 0.2) is 6.19 Å². The van der Waals surface area contributed by atoms with Crippen LogP contribution in [0, 0.1) is 23.3 Å². The lowest BCUT2D eigenvalue weighted by molar-refractivity contribution is -0.122. The van der Waals surface area contributed by atoms with Crippen molar-refractivity contribution in [2.24, 2.45) is 4.99 Å². The number of hydrogen-bond donors (Lipinski definition) is 4. The van der Waals surface area contributed by atoms with Crippen LogP contribution in [0.2, 0.25) is 0 Å². The topological polar surface area (TPSA) is 148 Å². The van der Waals surface area contributed by atoms with Crippen molar-refractivity contribution in [3.63, 3.8) is 0 Å². The van der Waals surface area contributed by atoms with Gasteiger partial charge < -0.3 is 20.3 Å². The number of nitrogens with zero attached hydrogens (tertiary/aromatic N) is 3. The van der Waals surface area contributed by atoms with Crippen LogP contribution in [0.25, 0.3) is 0 Å². The first-order chi connectivity index (χ1) is 17.9. The van der Waals surface area contributed by atoms with Gasteiger partial charge in [0.05, 0.1) is 19.7 Å². The first-order valence-electron chi connectivity index (χ1n) is 11.6. The second kappa shape index (κ2) is 9.55. The highest BCUT2D eigenvalue weighted by Gasteiger charge is 2.48. The molecule has 0 unspecified atom stereocenters. The molecule has 2 aromatic carbocycles. The number of anilines is 1. The number of nitrogens with one attached hydrogen (secondary N) is 4. The Kier molecular flexibility index (Phi) is 6.12. The van der Waals surface area contributed by atoms with Gasteiger partial charge in [-0.25, -0.2) is 9.79 Å². The summed E-state index contributed by atoms with van der Waals surface area (Å²) in [6.07, 6.45) is 3.87. The van der Waals surface area contributed by atoms with Crippen LogP contribution in [0.15, 0.2) is 47.5 Å². The molecule has 0 aromatic heterocycles. The number of rotatable bonds is 5. The van der Waals surface area contributed by atoms with Crippen molar-refractivity contribution >= 4 is 29.5 Å². The number of guanidine groups is 1. The third kappa shape index (κ3) is 5.02. The first-order valence-corrected chi connectivity index (χ1v) is 11.6. The molecule has 5 rings (SSSR count). The average molecular weight is 498 g/mol. The van der Waals surface area contributed by atoms with Crippen molar-refractivity contribution in [3.05, 3.63) is 59.2 Å². The van der Waals surface area contributed by atoms with Crippen LogP contribution < -0.4 is 26.0 Å². The number of carbonyl (C=O) groups excluding carboxylic acids is 3. The van der Waals surface area contributed by atoms with E-state index in [9.17, 15) is 14.4 Å². The monoisotopic (exact) mass is 497 g/mol. The Bertz CT molecular complexity index is 1410. The van der Waals surface area contributed by atoms with Crippen LogP contribution in [0.4, 0.5) is 10.5 Å². The Morgan fingerprint density at radius 3 is 2.65 bits per heavy atom. The van der Waals surface area contributed by atoms with E-state index in [-0.39, 0.29) is 25.0 Å². The number of benzene rings is 2. The molecule has 0 spiro atoms. The van der Waals surface area contributed by atoms with Crippen LogP contribution in [0.3, 0.4) is 0 Å². The Balaban J connectivity index is 1.34. The summed E-state index contributed by atoms with van der Waals surface area (Å²) < 4.78 is 5.21. The van der Waals surface area contributed by atoms with Gasteiger partial charge in [0.25, 0.3) is 11.8 Å². The molecule has 2 aromatic rings. The van der Waals surface area contributed by atoms with E-state index in [0.29, 0.717) is 28.5 Å². The number of carbonyl (C=O) groups is 3. The molecule has 2 aliphatic heterocycles. The first kappa shape index (κ1) is 23.7. The van der Waals surface area contributed by atoms with E-state index >= 15 is 0 Å². The highest BCUT2D eigenvalue weighted by atomic mass is 16.5. The molecule has 1 saturated carbocycles. The molecule has 2 fully saturated rings. The zero-order chi connectivity index (χ0) is 26.0. The molecule has 11 heteroatoms. The Morgan fingerprint density at radius 2 is 2.00 bits per heavy atom. The third-order valence-corrected chi connectivity index (χ3v) is 6.17. The third-order valence-electron chi connectivity index (χ3n) is 6.17. The lowest BCUT2D eigenvalue weighted by Gasteiger charge is -2.26. The molecular formula is C26H23N7O4. The molecule has 4 N–H and O–H groups in total. The van der Waals surface area contributed by atoms with Gasteiger partial charge in [0.1, 0.15) is 5.75 Å². The summed E-state index contributed by atoms with van der Waals surface area (Å²) in [5.41, 5.74) is 0.984. The number of aliphatic imine (C=N–C) groups is 1. The SMILES string of the molecule is COc1ccc2c(c1)C(=O)N(C[C@@]1(C#Cc3ccc(NC(=NC4CC4)NC#N)cc3)NC(=O)NC1=O)C2. The molecule has 4 amide bonds. The number of imide groups is 1. The number of urea groups is 1. The zero-order valence-electron chi connectivity index (χ0n) is 19.9. The number of fused-ring (bicyclic) bond motifs is 1.